The fourth-order valence-electron chi connectivity index (χ4n) is 5.88. The lowest BCUT2D eigenvalue weighted by atomic mass is 9.72. The van der Waals surface area contributed by atoms with E-state index in [0.717, 1.165) is 45.2 Å². The number of fused-ring (bicyclic) bond motifs is 1. The Balaban J connectivity index is 1.48. The van der Waals surface area contributed by atoms with Gasteiger partial charge in [-0.2, -0.15) is 5.10 Å². The van der Waals surface area contributed by atoms with Crippen molar-refractivity contribution in [3.8, 4) is 17.2 Å². The summed E-state index contributed by atoms with van der Waals surface area (Å²) in [5.74, 6) is 2.14. The van der Waals surface area contributed by atoms with E-state index in [1.807, 2.05) is 54.1 Å². The van der Waals surface area contributed by atoms with E-state index in [1.54, 1.807) is 14.2 Å². The number of rotatable bonds is 5. The fourth-order valence-corrected chi connectivity index (χ4v) is 6.01. The zero-order chi connectivity index (χ0) is 27.3. The Labute approximate surface area is 233 Å². The second kappa shape index (κ2) is 9.93. The zero-order valence-electron chi connectivity index (χ0n) is 22.4. The number of hydrogen-bond donors (Lipinski definition) is 1. The van der Waals surface area contributed by atoms with Gasteiger partial charge in [0.1, 0.15) is 5.82 Å². The van der Waals surface area contributed by atoms with Crippen LogP contribution in [0.2, 0.25) is 5.02 Å². The van der Waals surface area contributed by atoms with Crippen molar-refractivity contribution in [1.82, 2.24) is 9.78 Å². The number of ketones is 1. The minimum atomic E-state index is -0.230. The number of ether oxygens (including phenoxy) is 2. The van der Waals surface area contributed by atoms with Gasteiger partial charge in [0.05, 0.1) is 25.6 Å². The Morgan fingerprint density at radius 2 is 1.59 bits per heavy atom. The molecule has 0 unspecified atom stereocenters. The third kappa shape index (κ3) is 4.39. The molecule has 0 bridgehead atoms. The summed E-state index contributed by atoms with van der Waals surface area (Å²) in [6.07, 6.45) is 1.11. The summed E-state index contributed by atoms with van der Waals surface area (Å²) in [5.41, 5.74) is 7.89. The number of halogens is 1. The summed E-state index contributed by atoms with van der Waals surface area (Å²) in [7, 11) is 3.25. The van der Waals surface area contributed by atoms with Crippen molar-refractivity contribution in [3.05, 3.63) is 111 Å². The van der Waals surface area contributed by atoms with E-state index < -0.39 is 0 Å². The molecule has 6 nitrogen and oxygen atoms in total. The summed E-state index contributed by atoms with van der Waals surface area (Å²) in [4.78, 5) is 14.0. The van der Waals surface area contributed by atoms with Gasteiger partial charge in [0.15, 0.2) is 17.3 Å². The van der Waals surface area contributed by atoms with Gasteiger partial charge < -0.3 is 14.8 Å². The highest BCUT2D eigenvalue weighted by molar-refractivity contribution is 6.30. The number of nitrogens with one attached hydrogen (secondary N) is 1. The Hall–Kier alpha value is -4.03. The molecule has 1 aromatic heterocycles. The molecule has 1 aliphatic heterocycles. The van der Waals surface area contributed by atoms with Crippen LogP contribution in [0.15, 0.2) is 78.0 Å². The molecule has 0 spiro atoms. The van der Waals surface area contributed by atoms with Crippen molar-refractivity contribution in [1.29, 1.82) is 0 Å². The predicted molar refractivity (Wildman–Crippen MR) is 154 cm³/mol. The van der Waals surface area contributed by atoms with Crippen LogP contribution in [0.3, 0.4) is 0 Å². The normalized spacial score (nSPS) is 18.3. The molecule has 6 rings (SSSR count). The van der Waals surface area contributed by atoms with E-state index in [1.165, 1.54) is 5.56 Å². The van der Waals surface area contributed by atoms with Crippen LogP contribution < -0.4 is 14.8 Å². The molecule has 7 heteroatoms. The van der Waals surface area contributed by atoms with Gasteiger partial charge in [-0.15, -0.1) is 0 Å². The minimum Gasteiger partial charge on any atom is -0.493 e. The number of nitrogens with zero attached hydrogens (tertiary/aromatic N) is 2. The zero-order valence-corrected chi connectivity index (χ0v) is 23.2. The first-order valence-electron chi connectivity index (χ1n) is 13.0. The van der Waals surface area contributed by atoms with Crippen LogP contribution in [0.5, 0.6) is 11.5 Å². The highest BCUT2D eigenvalue weighted by Crippen LogP contribution is 2.50. The van der Waals surface area contributed by atoms with Crippen molar-refractivity contribution >= 4 is 23.2 Å². The van der Waals surface area contributed by atoms with Gasteiger partial charge in [-0.05, 0) is 73.7 Å². The van der Waals surface area contributed by atoms with Crippen LogP contribution in [0.1, 0.15) is 52.6 Å². The number of methoxy groups -OCH3 is 2. The first kappa shape index (κ1) is 25.3. The van der Waals surface area contributed by atoms with Gasteiger partial charge in [-0.1, -0.05) is 47.5 Å². The number of benzene rings is 3. The van der Waals surface area contributed by atoms with E-state index in [9.17, 15) is 4.79 Å². The molecule has 1 N–H and O–H groups in total. The maximum Gasteiger partial charge on any atom is 0.162 e. The average Bonchev–Trinajstić information content (AvgIpc) is 3.28. The Bertz CT molecular complexity index is 1600. The van der Waals surface area contributed by atoms with Gasteiger partial charge in [0.2, 0.25) is 0 Å². The number of allylic oxidation sites excluding steroid dienone is 2. The van der Waals surface area contributed by atoms with E-state index in [0.29, 0.717) is 29.4 Å². The molecule has 198 valence electrons. The van der Waals surface area contributed by atoms with Gasteiger partial charge in [0, 0.05) is 34.2 Å². The quantitative estimate of drug-likeness (QED) is 0.292. The van der Waals surface area contributed by atoms with Gasteiger partial charge >= 0.3 is 0 Å². The number of hydrogen-bond acceptors (Lipinski definition) is 5. The van der Waals surface area contributed by atoms with Gasteiger partial charge in [0.25, 0.3) is 0 Å². The van der Waals surface area contributed by atoms with Crippen LogP contribution in [0, 0.1) is 13.8 Å². The van der Waals surface area contributed by atoms with Crippen LogP contribution in [0.25, 0.3) is 5.69 Å². The lowest BCUT2D eigenvalue weighted by Crippen LogP contribution is -2.30. The lowest BCUT2D eigenvalue weighted by molar-refractivity contribution is -0.116. The fraction of sp³-hybridized carbons (Fsp3) is 0.250. The van der Waals surface area contributed by atoms with Crippen LogP contribution in [-0.2, 0) is 4.79 Å². The molecule has 2 aliphatic rings. The first-order valence-corrected chi connectivity index (χ1v) is 13.4. The molecule has 2 heterocycles. The van der Waals surface area contributed by atoms with E-state index in [-0.39, 0.29) is 17.6 Å². The SMILES string of the molecule is COc1ccc([C@@H]2CC(=O)C3=C(C2)Nc2c(c(C)nn2-c2ccc(C)cc2)[C@@H]3c2ccc(Cl)cc2)cc1OC. The standard InChI is InChI=1S/C32H30ClN3O3/c1-18-5-12-24(13-6-18)36-32-29(19(2)35-36)30(20-7-10-23(33)11-8-20)31-25(34-32)15-22(16-26(31)37)21-9-14-27(38-3)28(17-21)39-4/h5-14,17,22,30,34H,15-16H2,1-4H3/t22-,30-/m0/s1. The third-order valence-electron chi connectivity index (χ3n) is 7.82. The smallest absolute Gasteiger partial charge is 0.162 e. The van der Waals surface area contributed by atoms with Gasteiger partial charge in [-0.3, -0.25) is 4.79 Å². The number of aromatic nitrogens is 2. The number of Topliss-reactive ketones (excluding diaryl/α,β-unsaturated/α-hetero) is 1. The number of aryl methyl sites for hydroxylation is 2. The van der Waals surface area contributed by atoms with Crippen molar-refractivity contribution in [2.24, 2.45) is 0 Å². The van der Waals surface area contributed by atoms with E-state index in [2.05, 4.69) is 36.5 Å². The van der Waals surface area contributed by atoms with Crippen molar-refractivity contribution in [3.63, 3.8) is 0 Å². The maximum atomic E-state index is 14.0. The molecule has 1 aliphatic carbocycles. The largest absolute Gasteiger partial charge is 0.493 e. The predicted octanol–water partition coefficient (Wildman–Crippen LogP) is 7.12. The van der Waals surface area contributed by atoms with Crippen LogP contribution in [-0.4, -0.2) is 29.8 Å². The summed E-state index contributed by atoms with van der Waals surface area (Å²) < 4.78 is 12.9. The minimum absolute atomic E-state index is 0.00724. The Morgan fingerprint density at radius 3 is 2.28 bits per heavy atom. The summed E-state index contributed by atoms with van der Waals surface area (Å²) in [6, 6.07) is 22.0. The van der Waals surface area contributed by atoms with Gasteiger partial charge in [-0.25, -0.2) is 4.68 Å². The third-order valence-corrected chi connectivity index (χ3v) is 8.07. The molecule has 39 heavy (non-hydrogen) atoms. The highest BCUT2D eigenvalue weighted by atomic mass is 35.5. The molecular formula is C32H30ClN3O3. The lowest BCUT2D eigenvalue weighted by Gasteiger charge is -2.36. The highest BCUT2D eigenvalue weighted by Gasteiger charge is 2.41. The molecule has 0 radical (unpaired) electrons. The number of anilines is 1. The molecule has 0 saturated heterocycles. The number of carbonyl (C=O) groups excluding carboxylic acids is 1. The maximum absolute atomic E-state index is 14.0. The first-order chi connectivity index (χ1) is 18.9. The molecule has 0 amide bonds. The number of carbonyl (C=O) groups is 1. The second-order valence-corrected chi connectivity index (χ2v) is 10.7. The molecule has 3 aromatic carbocycles. The monoisotopic (exact) mass is 539 g/mol. The molecule has 4 aromatic rings. The summed E-state index contributed by atoms with van der Waals surface area (Å²) >= 11 is 6.25. The average molecular weight is 540 g/mol. The molecule has 2 atom stereocenters. The Kier molecular flexibility index (Phi) is 6.43. The molecule has 0 fully saturated rings. The summed E-state index contributed by atoms with van der Waals surface area (Å²) in [5, 5.41) is 9.28. The van der Waals surface area contributed by atoms with E-state index in [4.69, 9.17) is 26.2 Å². The van der Waals surface area contributed by atoms with Crippen molar-refractivity contribution in [2.45, 2.75) is 38.5 Å². The van der Waals surface area contributed by atoms with Crippen LogP contribution >= 0.6 is 11.6 Å². The topological polar surface area (TPSA) is 65.4 Å². The van der Waals surface area contributed by atoms with Crippen molar-refractivity contribution in [2.75, 3.05) is 19.5 Å². The molecule has 0 saturated carbocycles. The van der Waals surface area contributed by atoms with Crippen LogP contribution in [0.4, 0.5) is 5.82 Å². The Morgan fingerprint density at radius 1 is 0.897 bits per heavy atom. The second-order valence-electron chi connectivity index (χ2n) is 10.2. The van der Waals surface area contributed by atoms with E-state index >= 15 is 0 Å². The van der Waals surface area contributed by atoms with Crippen molar-refractivity contribution < 1.29 is 14.3 Å². The molecular weight excluding hydrogens is 510 g/mol. The summed E-state index contributed by atoms with van der Waals surface area (Å²) in [6.45, 7) is 4.08.